The highest BCUT2D eigenvalue weighted by Crippen LogP contribution is 2.24. The third-order valence-electron chi connectivity index (χ3n) is 5.23. The lowest BCUT2D eigenvalue weighted by molar-refractivity contribution is -0.136. The number of rotatable bonds is 5. The van der Waals surface area contributed by atoms with Gasteiger partial charge in [-0.2, -0.15) is 0 Å². The number of benzene rings is 2. The smallest absolute Gasteiger partial charge is 0.254 e. The van der Waals surface area contributed by atoms with Crippen LogP contribution in [0.25, 0.3) is 10.8 Å². The Morgan fingerprint density at radius 1 is 1.19 bits per heavy atom. The Labute approximate surface area is 161 Å². The van der Waals surface area contributed by atoms with Crippen LogP contribution in [-0.2, 0) is 4.79 Å². The Morgan fingerprint density at radius 3 is 2.67 bits per heavy atom. The summed E-state index contributed by atoms with van der Waals surface area (Å²) >= 11 is 0. The van der Waals surface area contributed by atoms with Crippen LogP contribution in [-0.4, -0.2) is 47.8 Å². The number of piperidine rings is 1. The molecule has 0 spiro atoms. The molecule has 4 nitrogen and oxygen atoms in total. The molecule has 0 aliphatic carbocycles. The molecule has 142 valence electrons. The van der Waals surface area contributed by atoms with Crippen LogP contribution >= 0.6 is 0 Å². The summed E-state index contributed by atoms with van der Waals surface area (Å²) in [5.74, 6) is 0.0279. The highest BCUT2D eigenvalue weighted by atomic mass is 16.2. The minimum atomic E-state index is -0.128. The van der Waals surface area contributed by atoms with Crippen LogP contribution in [0.2, 0.25) is 0 Å². The molecule has 1 aliphatic rings. The van der Waals surface area contributed by atoms with Gasteiger partial charge in [0.2, 0.25) is 5.91 Å². The number of hydrogen-bond donors (Lipinski definition) is 0. The third-order valence-corrected chi connectivity index (χ3v) is 5.23. The molecule has 1 atom stereocenters. The van der Waals surface area contributed by atoms with Crippen molar-refractivity contribution >= 4 is 22.6 Å². The van der Waals surface area contributed by atoms with Gasteiger partial charge in [-0.1, -0.05) is 48.6 Å². The first kappa shape index (κ1) is 19.2. The summed E-state index contributed by atoms with van der Waals surface area (Å²) in [7, 11) is 0. The molecule has 0 radical (unpaired) electrons. The summed E-state index contributed by atoms with van der Waals surface area (Å²) in [4.78, 5) is 29.8. The first-order chi connectivity index (χ1) is 13.0. The van der Waals surface area contributed by atoms with Gasteiger partial charge < -0.3 is 9.80 Å². The fourth-order valence-electron chi connectivity index (χ4n) is 3.87. The number of carbonyl (C=O) groups is 2. The van der Waals surface area contributed by atoms with E-state index in [1.807, 2.05) is 66.1 Å². The Hall–Kier alpha value is -2.62. The largest absolute Gasteiger partial charge is 0.339 e. The van der Waals surface area contributed by atoms with E-state index >= 15 is 0 Å². The maximum absolute atomic E-state index is 13.2. The molecule has 0 aromatic heterocycles. The fourth-order valence-corrected chi connectivity index (χ4v) is 3.87. The molecule has 2 amide bonds. The second-order valence-electron chi connectivity index (χ2n) is 7.43. The van der Waals surface area contributed by atoms with Gasteiger partial charge in [-0.3, -0.25) is 9.59 Å². The van der Waals surface area contributed by atoms with Crippen molar-refractivity contribution in [1.82, 2.24) is 9.80 Å². The third kappa shape index (κ3) is 4.21. The second-order valence-corrected chi connectivity index (χ2v) is 7.43. The minimum Gasteiger partial charge on any atom is -0.339 e. The SMILES string of the molecule is C=C(C)CN(CC)C(=O)C1CCCN(C(=O)c2cccc3ccccc23)C1. The highest BCUT2D eigenvalue weighted by molar-refractivity contribution is 6.07. The predicted molar refractivity (Wildman–Crippen MR) is 110 cm³/mol. The molecule has 3 rings (SSSR count). The number of carbonyl (C=O) groups excluding carboxylic acids is 2. The average Bonchev–Trinajstić information content (AvgIpc) is 2.70. The Bertz CT molecular complexity index is 853. The summed E-state index contributed by atoms with van der Waals surface area (Å²) in [5, 5.41) is 2.03. The van der Waals surface area contributed by atoms with Crippen LogP contribution in [0.5, 0.6) is 0 Å². The number of fused-ring (bicyclic) bond motifs is 1. The monoisotopic (exact) mass is 364 g/mol. The summed E-state index contributed by atoms with van der Waals surface area (Å²) in [6.07, 6.45) is 1.70. The van der Waals surface area contributed by atoms with Crippen molar-refractivity contribution in [2.75, 3.05) is 26.2 Å². The molecule has 0 bridgehead atoms. The minimum absolute atomic E-state index is 0.0206. The van der Waals surface area contributed by atoms with Gasteiger partial charge in [0.1, 0.15) is 0 Å². The van der Waals surface area contributed by atoms with E-state index in [0.29, 0.717) is 26.2 Å². The lowest BCUT2D eigenvalue weighted by Gasteiger charge is -2.35. The normalized spacial score (nSPS) is 17.0. The maximum Gasteiger partial charge on any atom is 0.254 e. The van der Waals surface area contributed by atoms with Crippen LogP contribution in [0.4, 0.5) is 0 Å². The number of hydrogen-bond acceptors (Lipinski definition) is 2. The molecule has 1 aliphatic heterocycles. The molecule has 0 N–H and O–H groups in total. The molecule has 4 heteroatoms. The first-order valence-corrected chi connectivity index (χ1v) is 9.71. The lowest BCUT2D eigenvalue weighted by Crippen LogP contribution is -2.47. The van der Waals surface area contributed by atoms with E-state index in [4.69, 9.17) is 0 Å². The zero-order valence-electron chi connectivity index (χ0n) is 16.3. The zero-order chi connectivity index (χ0) is 19.4. The fraction of sp³-hybridized carbons (Fsp3) is 0.391. The summed E-state index contributed by atoms with van der Waals surface area (Å²) < 4.78 is 0. The highest BCUT2D eigenvalue weighted by Gasteiger charge is 2.31. The van der Waals surface area contributed by atoms with Gasteiger partial charge >= 0.3 is 0 Å². The molecule has 2 aromatic rings. The number of amides is 2. The van der Waals surface area contributed by atoms with Gasteiger partial charge in [-0.25, -0.2) is 0 Å². The van der Waals surface area contributed by atoms with Gasteiger partial charge in [0.15, 0.2) is 0 Å². The molecular formula is C23H28N2O2. The molecule has 1 heterocycles. The van der Waals surface area contributed by atoms with E-state index in [9.17, 15) is 9.59 Å². The van der Waals surface area contributed by atoms with Crippen molar-refractivity contribution < 1.29 is 9.59 Å². The Balaban J connectivity index is 1.78. The molecule has 1 unspecified atom stereocenters. The predicted octanol–water partition coefficient (Wildman–Crippen LogP) is 4.12. The van der Waals surface area contributed by atoms with Crippen LogP contribution in [0.1, 0.15) is 37.0 Å². The zero-order valence-corrected chi connectivity index (χ0v) is 16.3. The van der Waals surface area contributed by atoms with Crippen LogP contribution in [0, 0.1) is 5.92 Å². The Morgan fingerprint density at radius 2 is 1.93 bits per heavy atom. The van der Waals surface area contributed by atoms with Gasteiger partial charge in [0, 0.05) is 31.7 Å². The van der Waals surface area contributed by atoms with Crippen molar-refractivity contribution in [3.05, 3.63) is 60.2 Å². The van der Waals surface area contributed by atoms with E-state index in [0.717, 1.165) is 34.8 Å². The lowest BCUT2D eigenvalue weighted by atomic mass is 9.95. The molecule has 2 aromatic carbocycles. The number of likely N-dealkylation sites (tertiary alicyclic amines) is 1. The van der Waals surface area contributed by atoms with Gasteiger partial charge in [0.05, 0.1) is 5.92 Å². The van der Waals surface area contributed by atoms with Crippen molar-refractivity contribution in [3.63, 3.8) is 0 Å². The Kier molecular flexibility index (Phi) is 5.94. The van der Waals surface area contributed by atoms with Gasteiger partial charge in [0.25, 0.3) is 5.91 Å². The van der Waals surface area contributed by atoms with E-state index in [1.165, 1.54) is 0 Å². The maximum atomic E-state index is 13.2. The van der Waals surface area contributed by atoms with Crippen molar-refractivity contribution in [2.45, 2.75) is 26.7 Å². The van der Waals surface area contributed by atoms with E-state index in [1.54, 1.807) is 0 Å². The van der Waals surface area contributed by atoms with Gasteiger partial charge in [-0.15, -0.1) is 0 Å². The van der Waals surface area contributed by atoms with Crippen molar-refractivity contribution in [3.8, 4) is 0 Å². The molecule has 0 saturated carbocycles. The van der Waals surface area contributed by atoms with Crippen molar-refractivity contribution in [1.29, 1.82) is 0 Å². The van der Waals surface area contributed by atoms with Crippen LogP contribution < -0.4 is 0 Å². The second kappa shape index (κ2) is 8.38. The summed E-state index contributed by atoms with van der Waals surface area (Å²) in [6, 6.07) is 13.8. The van der Waals surface area contributed by atoms with Gasteiger partial charge in [-0.05, 0) is 43.5 Å². The summed E-state index contributed by atoms with van der Waals surface area (Å²) in [6.45, 7) is 10.3. The topological polar surface area (TPSA) is 40.6 Å². The number of likely N-dealkylation sites (N-methyl/N-ethyl adjacent to an activating group) is 1. The quantitative estimate of drug-likeness (QED) is 0.749. The molecule has 1 saturated heterocycles. The summed E-state index contributed by atoms with van der Waals surface area (Å²) in [5.41, 5.74) is 1.69. The molecule has 1 fully saturated rings. The number of nitrogens with zero attached hydrogens (tertiary/aromatic N) is 2. The first-order valence-electron chi connectivity index (χ1n) is 9.71. The van der Waals surface area contributed by atoms with E-state index in [-0.39, 0.29) is 17.7 Å². The van der Waals surface area contributed by atoms with E-state index in [2.05, 4.69) is 6.58 Å². The molecule has 27 heavy (non-hydrogen) atoms. The van der Waals surface area contributed by atoms with E-state index < -0.39 is 0 Å². The van der Waals surface area contributed by atoms with Crippen LogP contribution in [0.15, 0.2) is 54.6 Å². The molecular weight excluding hydrogens is 336 g/mol. The standard InChI is InChI=1S/C23H28N2O2/c1-4-24(15-17(2)3)22(26)19-11-8-14-25(16-19)23(27)21-13-7-10-18-9-5-6-12-20(18)21/h5-7,9-10,12-13,19H,2,4,8,11,14-16H2,1,3H3. The van der Waals surface area contributed by atoms with Crippen molar-refractivity contribution in [2.24, 2.45) is 5.92 Å². The van der Waals surface area contributed by atoms with Crippen LogP contribution in [0.3, 0.4) is 0 Å². The average molecular weight is 364 g/mol.